The van der Waals surface area contributed by atoms with Crippen LogP contribution in [-0.2, 0) is 11.8 Å². The number of carbonyl (C=O) groups is 2. The molecule has 0 aliphatic rings. The molecule has 0 amide bonds. The fourth-order valence-corrected chi connectivity index (χ4v) is 1.10. The summed E-state index contributed by atoms with van der Waals surface area (Å²) in [4.78, 5) is 22.3. The maximum atomic E-state index is 11.6. The average Bonchev–Trinajstić information content (AvgIpc) is 2.44. The molecule has 1 heterocycles. The summed E-state index contributed by atoms with van der Waals surface area (Å²) in [5.74, 6) is -1.76. The molecule has 1 aromatic rings. The standard InChI is InChI=1S/C10H14N2O4/c1-10(2,3)16-9(15)6-5-7(8(13)14)12(4)11-6/h5H,1-4H3,(H,13,14). The number of aromatic carboxylic acids is 1. The van der Waals surface area contributed by atoms with Crippen molar-refractivity contribution in [2.45, 2.75) is 26.4 Å². The van der Waals surface area contributed by atoms with E-state index in [0.717, 1.165) is 4.68 Å². The first-order chi connectivity index (χ1) is 7.20. The summed E-state index contributed by atoms with van der Waals surface area (Å²) in [6.07, 6.45) is 0. The summed E-state index contributed by atoms with van der Waals surface area (Å²) in [5, 5.41) is 12.6. The molecule has 0 saturated carbocycles. The number of hydrogen-bond acceptors (Lipinski definition) is 4. The lowest BCUT2D eigenvalue weighted by atomic mass is 10.2. The largest absolute Gasteiger partial charge is 0.477 e. The Morgan fingerprint density at radius 1 is 1.44 bits per heavy atom. The second-order valence-electron chi connectivity index (χ2n) is 4.35. The van der Waals surface area contributed by atoms with Crippen molar-refractivity contribution in [3.63, 3.8) is 0 Å². The molecule has 88 valence electrons. The third kappa shape index (κ3) is 2.82. The van der Waals surface area contributed by atoms with E-state index < -0.39 is 17.5 Å². The van der Waals surface area contributed by atoms with Crippen molar-refractivity contribution in [2.24, 2.45) is 7.05 Å². The topological polar surface area (TPSA) is 81.4 Å². The summed E-state index contributed by atoms with van der Waals surface area (Å²) in [5.41, 5.74) is -0.687. The number of aromatic nitrogens is 2. The minimum absolute atomic E-state index is 0.00479. The van der Waals surface area contributed by atoms with Crippen molar-refractivity contribution in [1.29, 1.82) is 0 Å². The maximum Gasteiger partial charge on any atom is 0.359 e. The molecule has 16 heavy (non-hydrogen) atoms. The fourth-order valence-electron chi connectivity index (χ4n) is 1.10. The van der Waals surface area contributed by atoms with Gasteiger partial charge in [-0.15, -0.1) is 0 Å². The van der Waals surface area contributed by atoms with Gasteiger partial charge in [0.25, 0.3) is 0 Å². The Balaban J connectivity index is 2.94. The molecule has 0 atom stereocenters. The van der Waals surface area contributed by atoms with Crippen LogP contribution in [0.4, 0.5) is 0 Å². The second kappa shape index (κ2) is 3.96. The van der Waals surface area contributed by atoms with Crippen LogP contribution in [0.15, 0.2) is 6.07 Å². The van der Waals surface area contributed by atoms with Gasteiger partial charge in [0.1, 0.15) is 11.3 Å². The van der Waals surface area contributed by atoms with Crippen LogP contribution in [0.3, 0.4) is 0 Å². The molecule has 1 rings (SSSR count). The van der Waals surface area contributed by atoms with Gasteiger partial charge in [0.05, 0.1) is 0 Å². The molecular weight excluding hydrogens is 212 g/mol. The van der Waals surface area contributed by atoms with E-state index in [9.17, 15) is 9.59 Å². The summed E-state index contributed by atoms with van der Waals surface area (Å²) in [6, 6.07) is 1.19. The van der Waals surface area contributed by atoms with Crippen molar-refractivity contribution < 1.29 is 19.4 Å². The zero-order valence-electron chi connectivity index (χ0n) is 9.64. The van der Waals surface area contributed by atoms with E-state index in [4.69, 9.17) is 9.84 Å². The Bertz CT molecular complexity index is 429. The van der Waals surface area contributed by atoms with Gasteiger partial charge in [-0.25, -0.2) is 9.59 Å². The first-order valence-electron chi connectivity index (χ1n) is 4.71. The monoisotopic (exact) mass is 226 g/mol. The van der Waals surface area contributed by atoms with Gasteiger partial charge in [-0.05, 0) is 20.8 Å². The van der Waals surface area contributed by atoms with Gasteiger partial charge in [-0.3, -0.25) is 4.68 Å². The molecule has 0 unspecified atom stereocenters. The molecule has 0 fully saturated rings. The molecule has 6 heteroatoms. The highest BCUT2D eigenvalue weighted by molar-refractivity contribution is 5.92. The summed E-state index contributed by atoms with van der Waals surface area (Å²) in [7, 11) is 1.46. The molecule has 6 nitrogen and oxygen atoms in total. The number of aryl methyl sites for hydroxylation is 1. The van der Waals surface area contributed by atoms with Crippen LogP contribution in [0, 0.1) is 0 Å². The first-order valence-corrected chi connectivity index (χ1v) is 4.71. The van der Waals surface area contributed by atoms with Crippen molar-refractivity contribution in [2.75, 3.05) is 0 Å². The molecule has 1 aromatic heterocycles. The molecule has 0 bridgehead atoms. The molecule has 0 aromatic carbocycles. The normalized spacial score (nSPS) is 11.2. The molecule has 0 aliphatic heterocycles. The smallest absolute Gasteiger partial charge is 0.359 e. The van der Waals surface area contributed by atoms with E-state index in [1.165, 1.54) is 13.1 Å². The van der Waals surface area contributed by atoms with Crippen LogP contribution in [0.1, 0.15) is 41.7 Å². The number of ether oxygens (including phenoxy) is 1. The lowest BCUT2D eigenvalue weighted by Crippen LogP contribution is -2.24. The van der Waals surface area contributed by atoms with Crippen LogP contribution in [0.5, 0.6) is 0 Å². The minimum atomic E-state index is -1.13. The summed E-state index contributed by atoms with van der Waals surface area (Å²) < 4.78 is 6.19. The molecule has 1 N–H and O–H groups in total. The molecule has 0 spiro atoms. The number of rotatable bonds is 2. The Kier molecular flexibility index (Phi) is 3.02. The highest BCUT2D eigenvalue weighted by Crippen LogP contribution is 2.12. The summed E-state index contributed by atoms with van der Waals surface area (Å²) in [6.45, 7) is 5.18. The van der Waals surface area contributed by atoms with E-state index in [1.807, 2.05) is 0 Å². The maximum absolute atomic E-state index is 11.6. The van der Waals surface area contributed by atoms with Gasteiger partial charge in [-0.1, -0.05) is 0 Å². The second-order valence-corrected chi connectivity index (χ2v) is 4.35. The van der Waals surface area contributed by atoms with Gasteiger partial charge < -0.3 is 9.84 Å². The quantitative estimate of drug-likeness (QED) is 0.763. The number of nitrogens with zero attached hydrogens (tertiary/aromatic N) is 2. The Hall–Kier alpha value is -1.85. The Labute approximate surface area is 92.8 Å². The van der Waals surface area contributed by atoms with Crippen LogP contribution < -0.4 is 0 Å². The minimum Gasteiger partial charge on any atom is -0.477 e. The van der Waals surface area contributed by atoms with Crippen molar-refractivity contribution >= 4 is 11.9 Å². The lowest BCUT2D eigenvalue weighted by molar-refractivity contribution is 0.00619. The Morgan fingerprint density at radius 3 is 2.38 bits per heavy atom. The number of carbonyl (C=O) groups excluding carboxylic acids is 1. The molecular formula is C10H14N2O4. The van der Waals surface area contributed by atoms with Crippen molar-refractivity contribution in [3.05, 3.63) is 17.5 Å². The zero-order valence-corrected chi connectivity index (χ0v) is 9.64. The Morgan fingerprint density at radius 2 is 2.00 bits per heavy atom. The van der Waals surface area contributed by atoms with E-state index in [0.29, 0.717) is 0 Å². The predicted molar refractivity (Wildman–Crippen MR) is 55.3 cm³/mol. The van der Waals surface area contributed by atoms with Crippen LogP contribution in [0.25, 0.3) is 0 Å². The van der Waals surface area contributed by atoms with Crippen LogP contribution >= 0.6 is 0 Å². The SMILES string of the molecule is Cn1nc(C(=O)OC(C)(C)C)cc1C(=O)O. The van der Waals surface area contributed by atoms with Gasteiger partial charge in [0.2, 0.25) is 0 Å². The number of carboxylic acid groups (broad SMARTS) is 1. The number of carboxylic acids is 1. The van der Waals surface area contributed by atoms with Gasteiger partial charge in [0.15, 0.2) is 5.69 Å². The highest BCUT2D eigenvalue weighted by atomic mass is 16.6. The van der Waals surface area contributed by atoms with E-state index in [2.05, 4.69) is 5.10 Å². The third-order valence-corrected chi connectivity index (χ3v) is 1.71. The number of esters is 1. The fraction of sp³-hybridized carbons (Fsp3) is 0.500. The first kappa shape index (κ1) is 12.2. The zero-order chi connectivity index (χ0) is 12.5. The average molecular weight is 226 g/mol. The van der Waals surface area contributed by atoms with Gasteiger partial charge in [0, 0.05) is 13.1 Å². The predicted octanol–water partition coefficient (Wildman–Crippen LogP) is 1.07. The van der Waals surface area contributed by atoms with Crippen molar-refractivity contribution in [1.82, 2.24) is 9.78 Å². The molecule has 0 radical (unpaired) electrons. The lowest BCUT2D eigenvalue weighted by Gasteiger charge is -2.18. The van der Waals surface area contributed by atoms with Gasteiger partial charge in [-0.2, -0.15) is 5.10 Å². The number of hydrogen-bond donors (Lipinski definition) is 1. The van der Waals surface area contributed by atoms with E-state index >= 15 is 0 Å². The van der Waals surface area contributed by atoms with Crippen LogP contribution in [0.2, 0.25) is 0 Å². The van der Waals surface area contributed by atoms with Crippen LogP contribution in [-0.4, -0.2) is 32.4 Å². The summed E-state index contributed by atoms with van der Waals surface area (Å²) >= 11 is 0. The van der Waals surface area contributed by atoms with E-state index in [1.54, 1.807) is 20.8 Å². The van der Waals surface area contributed by atoms with E-state index in [-0.39, 0.29) is 11.4 Å². The third-order valence-electron chi connectivity index (χ3n) is 1.71. The molecule has 0 aliphatic carbocycles. The highest BCUT2D eigenvalue weighted by Gasteiger charge is 2.22. The molecule has 0 saturated heterocycles. The van der Waals surface area contributed by atoms with Gasteiger partial charge >= 0.3 is 11.9 Å². The van der Waals surface area contributed by atoms with Crippen molar-refractivity contribution in [3.8, 4) is 0 Å².